The van der Waals surface area contributed by atoms with Crippen LogP contribution >= 0.6 is 11.3 Å². The summed E-state index contributed by atoms with van der Waals surface area (Å²) in [5.74, 6) is -2.38. The summed E-state index contributed by atoms with van der Waals surface area (Å²) in [6, 6.07) is 12.9. The van der Waals surface area contributed by atoms with Crippen LogP contribution in [0.3, 0.4) is 0 Å². The Hall–Kier alpha value is -3.85. The molecule has 1 aliphatic rings. The van der Waals surface area contributed by atoms with E-state index in [9.17, 15) is 18.4 Å². The zero-order chi connectivity index (χ0) is 23.7. The zero-order valence-corrected chi connectivity index (χ0v) is 18.7. The summed E-state index contributed by atoms with van der Waals surface area (Å²) in [4.78, 5) is 32.6. The van der Waals surface area contributed by atoms with Gasteiger partial charge in [-0.2, -0.15) is 0 Å². The molecular formula is C25H19F2N3O3S. The summed E-state index contributed by atoms with van der Waals surface area (Å²) in [5, 5.41) is 2.32. The first kappa shape index (κ1) is 22.0. The number of carbonyl (C=O) groups excluding carboxylic acids is 1. The van der Waals surface area contributed by atoms with Crippen LogP contribution in [-0.2, 0) is 19.7 Å². The summed E-state index contributed by atoms with van der Waals surface area (Å²) in [5.41, 5.74) is 1.38. The van der Waals surface area contributed by atoms with Crippen LogP contribution in [0.5, 0.6) is 5.75 Å². The molecule has 0 fully saturated rings. The van der Waals surface area contributed by atoms with E-state index in [1.54, 1.807) is 22.3 Å². The number of fused-ring (bicyclic) bond motifs is 1. The molecule has 0 N–H and O–H groups in total. The topological polar surface area (TPSA) is 64.4 Å². The van der Waals surface area contributed by atoms with Crippen LogP contribution < -0.4 is 10.2 Å². The van der Waals surface area contributed by atoms with Gasteiger partial charge in [-0.05, 0) is 23.3 Å². The maximum absolute atomic E-state index is 13.7. The number of hydrogen-bond acceptors (Lipinski definition) is 5. The van der Waals surface area contributed by atoms with E-state index in [1.807, 2.05) is 30.3 Å². The molecule has 1 aliphatic heterocycles. The van der Waals surface area contributed by atoms with Gasteiger partial charge in [0.1, 0.15) is 11.6 Å². The van der Waals surface area contributed by atoms with Gasteiger partial charge in [-0.25, -0.2) is 13.8 Å². The lowest BCUT2D eigenvalue weighted by Gasteiger charge is -2.31. The average molecular weight is 480 g/mol. The largest absolute Gasteiger partial charge is 0.483 e. The van der Waals surface area contributed by atoms with E-state index >= 15 is 0 Å². The maximum Gasteiger partial charge on any atom is 0.274 e. The van der Waals surface area contributed by atoms with Gasteiger partial charge < -0.3 is 14.2 Å². The molecule has 0 bridgehead atoms. The third-order valence-electron chi connectivity index (χ3n) is 5.58. The molecule has 3 heterocycles. The summed E-state index contributed by atoms with van der Waals surface area (Å²) < 4.78 is 34.7. The smallest absolute Gasteiger partial charge is 0.274 e. The Morgan fingerprint density at radius 3 is 2.56 bits per heavy atom. The summed E-state index contributed by atoms with van der Waals surface area (Å²) in [6.45, 7) is 0.936. The van der Waals surface area contributed by atoms with Crippen LogP contribution in [0.15, 0.2) is 71.1 Å². The van der Waals surface area contributed by atoms with Crippen molar-refractivity contribution in [2.24, 2.45) is 0 Å². The van der Waals surface area contributed by atoms with Crippen LogP contribution in [0.2, 0.25) is 0 Å². The van der Waals surface area contributed by atoms with E-state index in [0.29, 0.717) is 29.2 Å². The van der Waals surface area contributed by atoms with Gasteiger partial charge in [0, 0.05) is 37.4 Å². The second kappa shape index (κ2) is 9.18. The van der Waals surface area contributed by atoms with Crippen molar-refractivity contribution >= 4 is 17.2 Å². The number of amides is 1. The van der Waals surface area contributed by atoms with Crippen LogP contribution in [0, 0.1) is 11.6 Å². The molecule has 5 rings (SSSR count). The summed E-state index contributed by atoms with van der Waals surface area (Å²) in [6.07, 6.45) is 3.25. The molecule has 0 radical (unpaired) electrons. The van der Waals surface area contributed by atoms with Gasteiger partial charge in [0.15, 0.2) is 23.1 Å². The van der Waals surface area contributed by atoms with Crippen molar-refractivity contribution < 1.29 is 18.3 Å². The Kier molecular flexibility index (Phi) is 5.93. The summed E-state index contributed by atoms with van der Waals surface area (Å²) in [7, 11) is 0. The van der Waals surface area contributed by atoms with Crippen LogP contribution in [0.1, 0.15) is 21.6 Å². The van der Waals surface area contributed by atoms with Gasteiger partial charge in [-0.3, -0.25) is 9.59 Å². The summed E-state index contributed by atoms with van der Waals surface area (Å²) >= 11 is 1.33. The van der Waals surface area contributed by atoms with Gasteiger partial charge in [0.05, 0.1) is 5.56 Å². The highest BCUT2D eigenvalue weighted by Crippen LogP contribution is 2.28. The lowest BCUT2D eigenvalue weighted by molar-refractivity contribution is 0.0680. The molecule has 0 saturated carbocycles. The number of pyridine rings is 1. The maximum atomic E-state index is 13.7. The van der Waals surface area contributed by atoms with Crippen molar-refractivity contribution in [3.8, 4) is 16.3 Å². The van der Waals surface area contributed by atoms with Crippen molar-refractivity contribution in [3.05, 3.63) is 105 Å². The number of thiazole rings is 1. The Morgan fingerprint density at radius 1 is 1.00 bits per heavy atom. The molecular weight excluding hydrogens is 460 g/mol. The molecule has 172 valence electrons. The molecule has 1 amide bonds. The number of hydrogen-bond donors (Lipinski definition) is 0. The number of halogens is 2. The molecule has 34 heavy (non-hydrogen) atoms. The SMILES string of the molecule is O=C1c2c(OCc3ccccc3)c(=O)c(-c3nccs3)cn2CCN1Cc1ccc(F)c(F)c1. The monoisotopic (exact) mass is 479 g/mol. The van der Waals surface area contributed by atoms with E-state index in [0.717, 1.165) is 17.7 Å². The van der Waals surface area contributed by atoms with Crippen molar-refractivity contribution in [2.75, 3.05) is 6.54 Å². The molecule has 9 heteroatoms. The van der Waals surface area contributed by atoms with Crippen molar-refractivity contribution in [1.29, 1.82) is 0 Å². The van der Waals surface area contributed by atoms with Crippen molar-refractivity contribution in [3.63, 3.8) is 0 Å². The minimum Gasteiger partial charge on any atom is -0.483 e. The van der Waals surface area contributed by atoms with Gasteiger partial charge in [0.2, 0.25) is 5.43 Å². The molecule has 0 spiro atoms. The average Bonchev–Trinajstić information content (AvgIpc) is 3.38. The number of carbonyl (C=O) groups is 1. The highest BCUT2D eigenvalue weighted by molar-refractivity contribution is 7.13. The standard InChI is InChI=1S/C25H19F2N3O3S/c26-19-7-6-17(12-20(19)27)13-30-10-9-29-14-18(24-28-8-11-34-24)22(31)23(21(29)25(30)32)33-15-16-4-2-1-3-5-16/h1-8,11-12,14H,9-10,13,15H2. The number of rotatable bonds is 6. The number of nitrogens with zero attached hydrogens (tertiary/aromatic N) is 3. The highest BCUT2D eigenvalue weighted by atomic mass is 32.1. The second-order valence-electron chi connectivity index (χ2n) is 7.83. The first-order valence-electron chi connectivity index (χ1n) is 10.6. The van der Waals surface area contributed by atoms with Crippen molar-refractivity contribution in [2.45, 2.75) is 19.7 Å². The molecule has 4 aromatic rings. The van der Waals surface area contributed by atoms with Crippen LogP contribution in [0.4, 0.5) is 8.78 Å². The number of ether oxygens (including phenoxy) is 1. The highest BCUT2D eigenvalue weighted by Gasteiger charge is 2.31. The lowest BCUT2D eigenvalue weighted by atomic mass is 10.1. The van der Waals surface area contributed by atoms with Gasteiger partial charge in [-0.15, -0.1) is 11.3 Å². The van der Waals surface area contributed by atoms with E-state index in [1.165, 1.54) is 22.3 Å². The fourth-order valence-corrected chi connectivity index (χ4v) is 4.54. The first-order chi connectivity index (χ1) is 16.5. The number of aromatic nitrogens is 2. The fourth-order valence-electron chi connectivity index (χ4n) is 3.90. The molecule has 6 nitrogen and oxygen atoms in total. The normalized spacial score (nSPS) is 13.1. The molecule has 0 aliphatic carbocycles. The second-order valence-corrected chi connectivity index (χ2v) is 8.72. The Labute approximate surface area is 197 Å². The fraction of sp³-hybridized carbons (Fsp3) is 0.160. The third kappa shape index (κ3) is 4.22. The van der Waals surface area contributed by atoms with Crippen LogP contribution in [0.25, 0.3) is 10.6 Å². The van der Waals surface area contributed by atoms with Gasteiger partial charge >= 0.3 is 0 Å². The predicted molar refractivity (Wildman–Crippen MR) is 124 cm³/mol. The van der Waals surface area contributed by atoms with E-state index in [4.69, 9.17) is 4.74 Å². The Bertz CT molecular complexity index is 1410. The third-order valence-corrected chi connectivity index (χ3v) is 6.39. The Balaban J connectivity index is 1.53. The number of benzene rings is 2. The molecule has 2 aromatic heterocycles. The minimum absolute atomic E-state index is 0.0449. The quantitative estimate of drug-likeness (QED) is 0.409. The van der Waals surface area contributed by atoms with E-state index in [2.05, 4.69) is 4.98 Å². The molecule has 0 atom stereocenters. The van der Waals surface area contributed by atoms with Crippen LogP contribution in [-0.4, -0.2) is 26.9 Å². The lowest BCUT2D eigenvalue weighted by Crippen LogP contribution is -2.41. The van der Waals surface area contributed by atoms with E-state index in [-0.39, 0.29) is 24.6 Å². The zero-order valence-electron chi connectivity index (χ0n) is 17.9. The van der Waals surface area contributed by atoms with Gasteiger partial charge in [-0.1, -0.05) is 36.4 Å². The molecule has 0 saturated heterocycles. The predicted octanol–water partition coefficient (Wildman–Crippen LogP) is 4.49. The van der Waals surface area contributed by atoms with Gasteiger partial charge in [0.25, 0.3) is 5.91 Å². The Morgan fingerprint density at radius 2 is 1.82 bits per heavy atom. The minimum atomic E-state index is -0.974. The van der Waals surface area contributed by atoms with Crippen molar-refractivity contribution in [1.82, 2.24) is 14.5 Å². The molecule has 2 aromatic carbocycles. The molecule has 0 unspecified atom stereocenters. The first-order valence-corrected chi connectivity index (χ1v) is 11.5. The van der Waals surface area contributed by atoms with E-state index < -0.39 is 23.0 Å².